The lowest BCUT2D eigenvalue weighted by atomic mass is 9.80. The van der Waals surface area contributed by atoms with E-state index < -0.39 is 47.4 Å². The van der Waals surface area contributed by atoms with E-state index >= 15 is 0 Å². The number of rotatable bonds is 9. The maximum atomic E-state index is 12.4. The second kappa shape index (κ2) is 9.36. The first kappa shape index (κ1) is 20.1. The van der Waals surface area contributed by atoms with Crippen LogP contribution in [-0.4, -0.2) is 50.5 Å². The van der Waals surface area contributed by atoms with Crippen molar-refractivity contribution < 1.29 is 33.5 Å². The summed E-state index contributed by atoms with van der Waals surface area (Å²) in [4.78, 5) is 46.2. The van der Waals surface area contributed by atoms with Crippen LogP contribution in [0.25, 0.3) is 0 Å². The summed E-state index contributed by atoms with van der Waals surface area (Å²) < 4.78 is 14.2. The quantitative estimate of drug-likeness (QED) is 0.279. The molecule has 0 aliphatic carbocycles. The molecule has 0 heterocycles. The van der Waals surface area contributed by atoms with E-state index in [0.717, 1.165) is 14.2 Å². The minimum atomic E-state index is -1.32. The van der Waals surface area contributed by atoms with Gasteiger partial charge in [0, 0.05) is 10.5 Å². The van der Waals surface area contributed by atoms with Crippen LogP contribution >= 0.6 is 0 Å². The van der Waals surface area contributed by atoms with Crippen LogP contribution in [0, 0.1) is 16.0 Å². The van der Waals surface area contributed by atoms with Gasteiger partial charge in [-0.2, -0.15) is 0 Å². The van der Waals surface area contributed by atoms with E-state index in [1.54, 1.807) is 24.3 Å². The molecule has 0 radical (unpaired) electrons. The van der Waals surface area contributed by atoms with E-state index in [9.17, 15) is 24.5 Å². The highest BCUT2D eigenvalue weighted by Crippen LogP contribution is 2.35. The summed E-state index contributed by atoms with van der Waals surface area (Å²) in [5, 5.41) is 11.1. The van der Waals surface area contributed by atoms with Gasteiger partial charge in [0.15, 0.2) is 0 Å². The van der Waals surface area contributed by atoms with Gasteiger partial charge in [-0.05, 0) is 6.07 Å². The van der Waals surface area contributed by atoms with Gasteiger partial charge in [-0.15, -0.1) is 0 Å². The second-order valence-corrected chi connectivity index (χ2v) is 5.11. The Bertz CT molecular complexity index is 657. The van der Waals surface area contributed by atoms with Crippen molar-refractivity contribution in [3.8, 4) is 5.75 Å². The number of Topliss-reactive ketones (excluding diaryl/α,β-unsaturated/α-hetero) is 1. The molecule has 2 atom stereocenters. The molecule has 9 nitrogen and oxygen atoms in total. The zero-order chi connectivity index (χ0) is 19.0. The molecule has 1 aromatic rings. The molecule has 0 saturated heterocycles. The number of benzene rings is 1. The minimum absolute atomic E-state index is 0.307. The van der Waals surface area contributed by atoms with Crippen LogP contribution in [0.2, 0.25) is 0 Å². The van der Waals surface area contributed by atoms with Gasteiger partial charge in [-0.1, -0.05) is 18.2 Å². The molecule has 136 valence electrons. The van der Waals surface area contributed by atoms with Gasteiger partial charge in [0.05, 0.1) is 39.6 Å². The molecular formula is C16H19NO8. The van der Waals surface area contributed by atoms with E-state index in [2.05, 4.69) is 9.47 Å². The lowest BCUT2D eigenvalue weighted by molar-refractivity contribution is -0.484. The summed E-state index contributed by atoms with van der Waals surface area (Å²) >= 11 is 0. The van der Waals surface area contributed by atoms with Crippen molar-refractivity contribution in [3.63, 3.8) is 0 Å². The van der Waals surface area contributed by atoms with Gasteiger partial charge in [0.25, 0.3) is 0 Å². The van der Waals surface area contributed by atoms with E-state index in [1.165, 1.54) is 7.11 Å². The third-order valence-corrected chi connectivity index (χ3v) is 3.71. The zero-order valence-electron chi connectivity index (χ0n) is 14.1. The monoisotopic (exact) mass is 353 g/mol. The van der Waals surface area contributed by atoms with E-state index in [0.29, 0.717) is 11.3 Å². The van der Waals surface area contributed by atoms with E-state index in [1.807, 2.05) is 0 Å². The summed E-state index contributed by atoms with van der Waals surface area (Å²) in [5.74, 6) is -5.08. The number of carbonyl (C=O) groups excluding carboxylic acids is 3. The van der Waals surface area contributed by atoms with Crippen LogP contribution in [0.1, 0.15) is 17.9 Å². The Kier molecular flexibility index (Phi) is 7.51. The minimum Gasteiger partial charge on any atom is -0.496 e. The van der Waals surface area contributed by atoms with Crippen molar-refractivity contribution in [3.05, 3.63) is 39.9 Å². The Hall–Kier alpha value is -2.97. The zero-order valence-corrected chi connectivity index (χ0v) is 14.1. The number of methoxy groups -OCH3 is 3. The van der Waals surface area contributed by atoms with Crippen LogP contribution in [0.4, 0.5) is 0 Å². The van der Waals surface area contributed by atoms with Gasteiger partial charge in [0.1, 0.15) is 5.75 Å². The summed E-state index contributed by atoms with van der Waals surface area (Å²) in [6.45, 7) is -0.676. The molecule has 0 bridgehead atoms. The summed E-state index contributed by atoms with van der Waals surface area (Å²) in [6, 6.07) is 6.38. The Labute approximate surface area is 144 Å². The molecule has 9 heteroatoms. The Morgan fingerprint density at radius 2 is 1.76 bits per heavy atom. The summed E-state index contributed by atoms with van der Waals surface area (Å²) in [6.07, 6.45) is -0.499. The van der Waals surface area contributed by atoms with Crippen molar-refractivity contribution in [2.75, 3.05) is 27.9 Å². The topological polar surface area (TPSA) is 122 Å². The molecule has 0 spiro atoms. The fourth-order valence-corrected chi connectivity index (χ4v) is 2.51. The molecule has 0 aromatic heterocycles. The number of hydrogen-bond donors (Lipinski definition) is 0. The average molecular weight is 353 g/mol. The van der Waals surface area contributed by atoms with E-state index in [4.69, 9.17) is 4.74 Å². The number of hydrogen-bond acceptors (Lipinski definition) is 8. The number of esters is 2. The number of carbonyl (C=O) groups is 3. The molecule has 0 unspecified atom stereocenters. The molecule has 0 saturated carbocycles. The number of ether oxygens (including phenoxy) is 3. The highest BCUT2D eigenvalue weighted by molar-refractivity contribution is 6.34. The van der Waals surface area contributed by atoms with Gasteiger partial charge in [-0.25, -0.2) is 4.79 Å². The molecule has 1 rings (SSSR count). The van der Waals surface area contributed by atoms with E-state index in [-0.39, 0.29) is 0 Å². The van der Waals surface area contributed by atoms with Gasteiger partial charge in [-0.3, -0.25) is 19.7 Å². The molecule has 0 fully saturated rings. The molecule has 0 N–H and O–H groups in total. The maximum Gasteiger partial charge on any atom is 0.374 e. The number of ketones is 1. The highest BCUT2D eigenvalue weighted by atomic mass is 16.6. The summed E-state index contributed by atoms with van der Waals surface area (Å²) in [5.41, 5.74) is 0.341. The average Bonchev–Trinajstić information content (AvgIpc) is 2.62. The van der Waals surface area contributed by atoms with Gasteiger partial charge in [0.2, 0.25) is 12.3 Å². The Balaban J connectivity index is 3.41. The smallest absolute Gasteiger partial charge is 0.374 e. The first-order chi connectivity index (χ1) is 11.8. The Morgan fingerprint density at radius 1 is 1.12 bits per heavy atom. The maximum absolute atomic E-state index is 12.4. The third kappa shape index (κ3) is 5.27. The predicted octanol–water partition coefficient (Wildman–Crippen LogP) is 0.977. The molecular weight excluding hydrogens is 334 g/mol. The van der Waals surface area contributed by atoms with Crippen LogP contribution < -0.4 is 4.74 Å². The molecule has 0 aliphatic heterocycles. The normalized spacial score (nSPS) is 12.6. The van der Waals surface area contributed by atoms with Crippen LogP contribution in [0.5, 0.6) is 5.75 Å². The van der Waals surface area contributed by atoms with Gasteiger partial charge >= 0.3 is 11.9 Å². The fourth-order valence-electron chi connectivity index (χ4n) is 2.51. The largest absolute Gasteiger partial charge is 0.496 e. The SMILES string of the molecule is COC(=O)C[C@@H](C(=O)C(=O)OC)[C@@H](C[N+](=O)[O-])c1ccccc1OC. The number of nitro groups is 1. The lowest BCUT2D eigenvalue weighted by Gasteiger charge is -2.23. The highest BCUT2D eigenvalue weighted by Gasteiger charge is 2.40. The van der Waals surface area contributed by atoms with Gasteiger partial charge < -0.3 is 14.2 Å². The number of para-hydroxylation sites is 1. The van der Waals surface area contributed by atoms with Crippen molar-refractivity contribution in [1.82, 2.24) is 0 Å². The molecule has 0 aliphatic rings. The predicted molar refractivity (Wildman–Crippen MR) is 84.7 cm³/mol. The molecule has 0 amide bonds. The molecule has 1 aromatic carbocycles. The number of nitrogens with zero attached hydrogens (tertiary/aromatic N) is 1. The fraction of sp³-hybridized carbons (Fsp3) is 0.438. The standard InChI is InChI=1S/C16H19NO8/c1-23-13-7-5-4-6-10(13)12(9-17(21)22)11(8-14(18)24-2)15(19)16(20)25-3/h4-7,11-12H,8-9H2,1-3H3/t11-,12+/m1/s1. The Morgan fingerprint density at radius 3 is 2.28 bits per heavy atom. The van der Waals surface area contributed by atoms with Crippen LogP contribution in [-0.2, 0) is 23.9 Å². The summed E-state index contributed by atoms with van der Waals surface area (Å²) in [7, 11) is 3.51. The third-order valence-electron chi connectivity index (χ3n) is 3.71. The second-order valence-electron chi connectivity index (χ2n) is 5.11. The first-order valence-corrected chi connectivity index (χ1v) is 7.29. The van der Waals surface area contributed by atoms with Crippen molar-refractivity contribution in [1.29, 1.82) is 0 Å². The first-order valence-electron chi connectivity index (χ1n) is 7.29. The van der Waals surface area contributed by atoms with Crippen molar-refractivity contribution in [2.45, 2.75) is 12.3 Å². The van der Waals surface area contributed by atoms with Crippen molar-refractivity contribution in [2.24, 2.45) is 5.92 Å². The molecule has 25 heavy (non-hydrogen) atoms. The lowest BCUT2D eigenvalue weighted by Crippen LogP contribution is -2.35. The van der Waals surface area contributed by atoms with Crippen LogP contribution in [0.15, 0.2) is 24.3 Å². The van der Waals surface area contributed by atoms with Crippen molar-refractivity contribution >= 4 is 17.7 Å². The van der Waals surface area contributed by atoms with Crippen LogP contribution in [0.3, 0.4) is 0 Å².